The zero-order valence-electron chi connectivity index (χ0n) is 17.3. The van der Waals surface area contributed by atoms with Crippen molar-refractivity contribution in [2.45, 2.75) is 76.2 Å². The van der Waals surface area contributed by atoms with E-state index in [1.54, 1.807) is 0 Å². The van der Waals surface area contributed by atoms with Crippen LogP contribution in [0.4, 0.5) is 0 Å². The molecule has 1 saturated carbocycles. The number of carbonyl (C=O) groups is 1. The average molecular weight is 385 g/mol. The van der Waals surface area contributed by atoms with E-state index in [4.69, 9.17) is 4.98 Å². The largest absolute Gasteiger partial charge is 0.342 e. The van der Waals surface area contributed by atoms with E-state index >= 15 is 0 Å². The van der Waals surface area contributed by atoms with E-state index in [0.717, 1.165) is 68.8 Å². The topological polar surface area (TPSA) is 78.1 Å². The number of piperidine rings is 2. The van der Waals surface area contributed by atoms with Gasteiger partial charge in [-0.05, 0) is 51.0 Å². The molecule has 2 N–H and O–H groups in total. The molecule has 4 aliphatic rings. The van der Waals surface area contributed by atoms with Crippen molar-refractivity contribution in [3.05, 3.63) is 27.4 Å². The summed E-state index contributed by atoms with van der Waals surface area (Å²) in [5, 5.41) is 3.52. The van der Waals surface area contributed by atoms with Crippen LogP contribution in [0.15, 0.2) is 4.79 Å². The Morgan fingerprint density at radius 1 is 1.18 bits per heavy atom. The molecular weight excluding hydrogens is 352 g/mol. The highest BCUT2D eigenvalue weighted by atomic mass is 16.2. The average Bonchev–Trinajstić information content (AvgIpc) is 3.35. The molecular formula is C22H32N4O2. The number of nitrogens with zero attached hydrogens (tertiary/aromatic N) is 2. The molecule has 0 unspecified atom stereocenters. The third kappa shape index (κ3) is 2.67. The van der Waals surface area contributed by atoms with Crippen LogP contribution < -0.4 is 10.9 Å². The normalized spacial score (nSPS) is 30.8. The number of aromatic nitrogens is 2. The molecule has 2 aliphatic carbocycles. The summed E-state index contributed by atoms with van der Waals surface area (Å²) in [7, 11) is 0. The summed E-state index contributed by atoms with van der Waals surface area (Å²) in [5.74, 6) is 1.87. The predicted molar refractivity (Wildman–Crippen MR) is 107 cm³/mol. The highest BCUT2D eigenvalue weighted by Crippen LogP contribution is 2.46. The fourth-order valence-electron chi connectivity index (χ4n) is 6.07. The van der Waals surface area contributed by atoms with Crippen LogP contribution in [0.5, 0.6) is 0 Å². The Morgan fingerprint density at radius 2 is 1.93 bits per heavy atom. The van der Waals surface area contributed by atoms with Crippen LogP contribution in [0, 0.1) is 11.8 Å². The van der Waals surface area contributed by atoms with Crippen molar-refractivity contribution in [1.82, 2.24) is 20.2 Å². The fraction of sp³-hybridized carbons (Fsp3) is 0.773. The molecule has 3 atom stereocenters. The SMILES string of the molecule is CC(C)(C)c1nc2c(c(=O)[nH]1)CCC21CCN(C(=O)[C@@H]2[C@H]3CC[C@@H]2NC3)CC1. The number of H-pyrrole nitrogens is 1. The van der Waals surface area contributed by atoms with E-state index in [1.807, 2.05) is 0 Å². The number of fused-ring (bicyclic) bond motifs is 4. The second-order valence-corrected chi connectivity index (χ2v) is 10.5. The van der Waals surface area contributed by atoms with Gasteiger partial charge in [0.15, 0.2) is 0 Å². The van der Waals surface area contributed by atoms with Crippen LogP contribution >= 0.6 is 0 Å². The van der Waals surface area contributed by atoms with Gasteiger partial charge in [-0.15, -0.1) is 0 Å². The lowest BCUT2D eigenvalue weighted by atomic mass is 9.75. The molecule has 1 aromatic heterocycles. The van der Waals surface area contributed by atoms with Crippen molar-refractivity contribution in [3.63, 3.8) is 0 Å². The highest BCUT2D eigenvalue weighted by molar-refractivity contribution is 5.81. The number of aromatic amines is 1. The first-order valence-electron chi connectivity index (χ1n) is 10.9. The highest BCUT2D eigenvalue weighted by Gasteiger charge is 2.50. The van der Waals surface area contributed by atoms with Crippen LogP contribution in [-0.4, -0.2) is 46.5 Å². The lowest BCUT2D eigenvalue weighted by Gasteiger charge is -2.40. The van der Waals surface area contributed by atoms with E-state index in [9.17, 15) is 9.59 Å². The van der Waals surface area contributed by atoms with Gasteiger partial charge >= 0.3 is 0 Å². The Bertz CT molecular complexity index is 840. The summed E-state index contributed by atoms with van der Waals surface area (Å²) < 4.78 is 0. The van der Waals surface area contributed by atoms with Crippen molar-refractivity contribution in [1.29, 1.82) is 0 Å². The number of hydrogen-bond donors (Lipinski definition) is 2. The number of amides is 1. The van der Waals surface area contributed by atoms with Gasteiger partial charge in [-0.2, -0.15) is 0 Å². The Balaban J connectivity index is 1.37. The van der Waals surface area contributed by atoms with Crippen LogP contribution in [0.1, 0.15) is 70.0 Å². The molecule has 1 aromatic rings. The van der Waals surface area contributed by atoms with E-state index in [2.05, 4.69) is 36.0 Å². The number of carbonyl (C=O) groups excluding carboxylic acids is 1. The Hall–Kier alpha value is -1.69. The van der Waals surface area contributed by atoms with Gasteiger partial charge in [-0.25, -0.2) is 4.98 Å². The predicted octanol–water partition coefficient (Wildman–Crippen LogP) is 1.87. The molecule has 5 rings (SSSR count). The minimum absolute atomic E-state index is 0.0206. The van der Waals surface area contributed by atoms with Crippen LogP contribution in [0.3, 0.4) is 0 Å². The maximum atomic E-state index is 13.2. The molecule has 3 heterocycles. The summed E-state index contributed by atoms with van der Waals surface area (Å²) >= 11 is 0. The standard InChI is InChI=1S/C22H32N4O2/c1-21(2,3)20-24-17-14(18(27)25-20)6-7-22(17)8-10-26(11-9-22)19(28)16-13-4-5-15(16)23-12-13/h13,15-16,23H,4-12H2,1-3H3,(H,24,25,27)/t13-,15-,16+/m0/s1. The number of likely N-dealkylation sites (tertiary alicyclic amines) is 1. The van der Waals surface area contributed by atoms with E-state index in [0.29, 0.717) is 17.9 Å². The molecule has 152 valence electrons. The Morgan fingerprint density at radius 3 is 2.50 bits per heavy atom. The zero-order chi connectivity index (χ0) is 19.7. The maximum Gasteiger partial charge on any atom is 0.254 e. The van der Waals surface area contributed by atoms with E-state index in [-0.39, 0.29) is 22.3 Å². The smallest absolute Gasteiger partial charge is 0.254 e. The lowest BCUT2D eigenvalue weighted by molar-refractivity contribution is -0.138. The zero-order valence-corrected chi connectivity index (χ0v) is 17.3. The van der Waals surface area contributed by atoms with Crippen LogP contribution in [0.2, 0.25) is 0 Å². The van der Waals surface area contributed by atoms with Gasteiger partial charge in [-0.1, -0.05) is 20.8 Å². The van der Waals surface area contributed by atoms with Crippen LogP contribution in [-0.2, 0) is 22.0 Å². The Kier molecular flexibility index (Phi) is 4.03. The van der Waals surface area contributed by atoms with Gasteiger partial charge < -0.3 is 15.2 Å². The molecule has 6 nitrogen and oxygen atoms in total. The first-order chi connectivity index (χ1) is 13.3. The first kappa shape index (κ1) is 18.3. The number of rotatable bonds is 1. The first-order valence-corrected chi connectivity index (χ1v) is 10.9. The number of nitrogens with one attached hydrogen (secondary N) is 2. The lowest BCUT2D eigenvalue weighted by Crippen LogP contribution is -2.48. The third-order valence-electron chi connectivity index (χ3n) is 7.83. The summed E-state index contributed by atoms with van der Waals surface area (Å²) in [6.45, 7) is 8.87. The van der Waals surface area contributed by atoms with Crippen molar-refractivity contribution in [3.8, 4) is 0 Å². The molecule has 0 aromatic carbocycles. The minimum atomic E-state index is -0.177. The molecule has 2 saturated heterocycles. The quantitative estimate of drug-likeness (QED) is 0.775. The summed E-state index contributed by atoms with van der Waals surface area (Å²) in [6, 6.07) is 0.398. The van der Waals surface area contributed by atoms with E-state index < -0.39 is 0 Å². The van der Waals surface area contributed by atoms with Crippen molar-refractivity contribution in [2.75, 3.05) is 19.6 Å². The van der Waals surface area contributed by atoms with Crippen molar-refractivity contribution >= 4 is 5.91 Å². The summed E-state index contributed by atoms with van der Waals surface area (Å²) in [5.41, 5.74) is 1.75. The van der Waals surface area contributed by atoms with Gasteiger partial charge in [0, 0.05) is 35.5 Å². The second-order valence-electron chi connectivity index (χ2n) is 10.5. The molecule has 28 heavy (non-hydrogen) atoms. The monoisotopic (exact) mass is 384 g/mol. The van der Waals surface area contributed by atoms with Crippen molar-refractivity contribution < 1.29 is 4.79 Å². The van der Waals surface area contributed by atoms with Gasteiger partial charge in [0.05, 0.1) is 11.6 Å². The molecule has 0 radical (unpaired) electrons. The molecule has 6 heteroatoms. The van der Waals surface area contributed by atoms with Gasteiger partial charge in [0.25, 0.3) is 5.56 Å². The molecule has 1 spiro atoms. The number of hydrogen-bond acceptors (Lipinski definition) is 4. The van der Waals surface area contributed by atoms with E-state index in [1.165, 1.54) is 6.42 Å². The third-order valence-corrected chi connectivity index (χ3v) is 7.83. The molecule has 2 aliphatic heterocycles. The second kappa shape index (κ2) is 6.15. The van der Waals surface area contributed by atoms with Gasteiger partial charge in [0.2, 0.25) is 5.91 Å². The van der Waals surface area contributed by atoms with Crippen molar-refractivity contribution in [2.24, 2.45) is 11.8 Å². The molecule has 3 fully saturated rings. The maximum absolute atomic E-state index is 13.2. The van der Waals surface area contributed by atoms with Crippen LogP contribution in [0.25, 0.3) is 0 Å². The molecule has 1 amide bonds. The van der Waals surface area contributed by atoms with Gasteiger partial charge in [0.1, 0.15) is 5.82 Å². The fourth-order valence-corrected chi connectivity index (χ4v) is 6.07. The summed E-state index contributed by atoms with van der Waals surface area (Å²) in [4.78, 5) is 35.9. The molecule has 2 bridgehead atoms. The van der Waals surface area contributed by atoms with Gasteiger partial charge in [-0.3, -0.25) is 9.59 Å². The minimum Gasteiger partial charge on any atom is -0.342 e. The summed E-state index contributed by atoms with van der Waals surface area (Å²) in [6.07, 6.45) is 6.01. The Labute approximate surface area is 166 Å².